The third kappa shape index (κ3) is 3.60. The predicted molar refractivity (Wildman–Crippen MR) is 88.8 cm³/mol. The Morgan fingerprint density at radius 2 is 2.05 bits per heavy atom. The lowest BCUT2D eigenvalue weighted by atomic mass is 10.1. The molecule has 0 radical (unpaired) electrons. The number of sulfonamides is 1. The maximum absolute atomic E-state index is 12.6. The molecule has 0 spiro atoms. The molecule has 0 unspecified atom stereocenters. The van der Waals surface area contributed by atoms with Crippen molar-refractivity contribution in [1.82, 2.24) is 14.1 Å². The average molecular weight is 345 g/mol. The van der Waals surface area contributed by atoms with Crippen molar-refractivity contribution in [3.8, 4) is 0 Å². The minimum Gasteiger partial charge on any atom is -0.346 e. The number of anilines is 1. The Balaban J connectivity index is 1.66. The summed E-state index contributed by atoms with van der Waals surface area (Å²) in [4.78, 5) is 6.57. The van der Waals surface area contributed by atoms with Crippen LogP contribution >= 0.6 is 11.5 Å². The molecule has 1 N–H and O–H groups in total. The number of hydrogen-bond donors (Lipinski definition) is 1. The van der Waals surface area contributed by atoms with Crippen LogP contribution in [0.25, 0.3) is 0 Å². The van der Waals surface area contributed by atoms with Gasteiger partial charge < -0.3 is 4.90 Å². The van der Waals surface area contributed by atoms with Crippen molar-refractivity contribution in [2.24, 2.45) is 0 Å². The summed E-state index contributed by atoms with van der Waals surface area (Å²) in [5, 5.41) is 0.522. The average Bonchev–Trinajstić information content (AvgIpc) is 3.18. The standard InChI is InChI=1S/C14H24N4O2S2/c1-2-13-15-14(21-16-13)18-9-5-8-12(10-18)22(19,20)17-11-6-3-4-7-11/h11-12,17H,2-10H2,1H3/t12-/m1/s1. The minimum absolute atomic E-state index is 0.147. The molecule has 2 fully saturated rings. The quantitative estimate of drug-likeness (QED) is 0.883. The highest BCUT2D eigenvalue weighted by molar-refractivity contribution is 7.90. The van der Waals surface area contributed by atoms with Crippen LogP contribution in [0, 0.1) is 0 Å². The van der Waals surface area contributed by atoms with E-state index in [0.717, 1.165) is 62.4 Å². The zero-order valence-corrected chi connectivity index (χ0v) is 14.6. The van der Waals surface area contributed by atoms with Crippen LogP contribution in [-0.2, 0) is 16.4 Å². The van der Waals surface area contributed by atoms with E-state index in [0.29, 0.717) is 6.54 Å². The summed E-state index contributed by atoms with van der Waals surface area (Å²) in [5.41, 5.74) is 0. The van der Waals surface area contributed by atoms with Gasteiger partial charge in [0.1, 0.15) is 5.82 Å². The second kappa shape index (κ2) is 6.80. The molecular formula is C14H24N4O2S2. The number of aryl methyl sites for hydroxylation is 1. The van der Waals surface area contributed by atoms with Crippen LogP contribution in [0.15, 0.2) is 0 Å². The molecule has 2 heterocycles. The van der Waals surface area contributed by atoms with Crippen molar-refractivity contribution in [2.75, 3.05) is 18.0 Å². The second-order valence-corrected chi connectivity index (χ2v) is 8.92. The predicted octanol–water partition coefficient (Wildman–Crippen LogP) is 1.93. The first kappa shape index (κ1) is 16.1. The van der Waals surface area contributed by atoms with E-state index in [1.54, 1.807) is 0 Å². The molecule has 1 atom stereocenters. The van der Waals surface area contributed by atoms with Gasteiger partial charge in [0.2, 0.25) is 15.2 Å². The molecule has 1 aliphatic carbocycles. The van der Waals surface area contributed by atoms with Crippen molar-refractivity contribution in [3.63, 3.8) is 0 Å². The van der Waals surface area contributed by atoms with Crippen LogP contribution in [-0.4, -0.2) is 42.2 Å². The Kier molecular flexibility index (Phi) is 4.99. The van der Waals surface area contributed by atoms with Crippen molar-refractivity contribution in [3.05, 3.63) is 5.82 Å². The first-order valence-corrected chi connectivity index (χ1v) is 10.5. The van der Waals surface area contributed by atoms with Crippen LogP contribution in [0.1, 0.15) is 51.3 Å². The monoisotopic (exact) mass is 344 g/mol. The molecule has 1 saturated heterocycles. The molecule has 3 rings (SSSR count). The van der Waals surface area contributed by atoms with E-state index in [1.807, 2.05) is 6.92 Å². The molecule has 22 heavy (non-hydrogen) atoms. The Morgan fingerprint density at radius 3 is 2.73 bits per heavy atom. The molecule has 0 amide bonds. The molecule has 1 aromatic rings. The molecular weight excluding hydrogens is 320 g/mol. The summed E-state index contributed by atoms with van der Waals surface area (Å²) in [7, 11) is -3.24. The fourth-order valence-electron chi connectivity index (χ4n) is 3.25. The van der Waals surface area contributed by atoms with E-state index < -0.39 is 10.0 Å². The molecule has 8 heteroatoms. The minimum atomic E-state index is -3.24. The van der Waals surface area contributed by atoms with E-state index in [2.05, 4.69) is 19.0 Å². The SMILES string of the molecule is CCc1nsc(N2CCC[C@@H](S(=O)(=O)NC3CCCC3)C2)n1. The summed E-state index contributed by atoms with van der Waals surface area (Å²) < 4.78 is 32.4. The first-order valence-electron chi connectivity index (χ1n) is 8.17. The van der Waals surface area contributed by atoms with Crippen LogP contribution in [0.5, 0.6) is 0 Å². The second-order valence-electron chi connectivity index (χ2n) is 6.20. The van der Waals surface area contributed by atoms with Crippen molar-refractivity contribution in [2.45, 2.75) is 63.2 Å². The topological polar surface area (TPSA) is 75.2 Å². The van der Waals surface area contributed by atoms with E-state index in [4.69, 9.17) is 0 Å². The van der Waals surface area contributed by atoms with Crippen LogP contribution in [0.3, 0.4) is 0 Å². The first-order chi connectivity index (χ1) is 10.6. The number of nitrogens with one attached hydrogen (secondary N) is 1. The number of rotatable bonds is 5. The number of nitrogens with zero attached hydrogens (tertiary/aromatic N) is 3. The Bertz CT molecular complexity index is 596. The van der Waals surface area contributed by atoms with E-state index in [9.17, 15) is 8.42 Å². The highest BCUT2D eigenvalue weighted by Gasteiger charge is 2.33. The number of piperidine rings is 1. The van der Waals surface area contributed by atoms with Gasteiger partial charge in [0.05, 0.1) is 5.25 Å². The van der Waals surface area contributed by atoms with Crippen molar-refractivity contribution in [1.29, 1.82) is 0 Å². The Labute approximate surface area is 136 Å². The number of hydrogen-bond acceptors (Lipinski definition) is 6. The number of aromatic nitrogens is 2. The summed E-state index contributed by atoms with van der Waals surface area (Å²) in [6, 6.07) is 0.147. The maximum Gasteiger partial charge on any atom is 0.216 e. The largest absolute Gasteiger partial charge is 0.346 e. The smallest absolute Gasteiger partial charge is 0.216 e. The Morgan fingerprint density at radius 1 is 1.27 bits per heavy atom. The summed E-state index contributed by atoms with van der Waals surface area (Å²) in [5.74, 6) is 0.842. The lowest BCUT2D eigenvalue weighted by Crippen LogP contribution is -2.48. The normalized spacial score (nSPS) is 24.0. The fourth-order valence-corrected chi connectivity index (χ4v) is 5.78. The van der Waals surface area contributed by atoms with E-state index >= 15 is 0 Å². The Hall–Kier alpha value is -0.730. The maximum atomic E-state index is 12.6. The molecule has 6 nitrogen and oxygen atoms in total. The van der Waals surface area contributed by atoms with Crippen LogP contribution in [0.4, 0.5) is 5.13 Å². The van der Waals surface area contributed by atoms with Gasteiger partial charge in [-0.3, -0.25) is 0 Å². The fraction of sp³-hybridized carbons (Fsp3) is 0.857. The van der Waals surface area contributed by atoms with Crippen molar-refractivity contribution < 1.29 is 8.42 Å². The zero-order chi connectivity index (χ0) is 15.6. The lowest BCUT2D eigenvalue weighted by molar-refractivity contribution is 0.506. The third-order valence-corrected chi connectivity index (χ3v) is 7.29. The summed E-state index contributed by atoms with van der Waals surface area (Å²) in [6.07, 6.45) is 6.66. The van der Waals surface area contributed by atoms with E-state index in [-0.39, 0.29) is 11.3 Å². The van der Waals surface area contributed by atoms with Gasteiger partial charge in [-0.2, -0.15) is 4.37 Å². The van der Waals surface area contributed by atoms with Crippen LogP contribution in [0.2, 0.25) is 0 Å². The van der Waals surface area contributed by atoms with Gasteiger partial charge in [-0.15, -0.1) is 0 Å². The third-order valence-electron chi connectivity index (χ3n) is 4.55. The summed E-state index contributed by atoms with van der Waals surface area (Å²) in [6.45, 7) is 3.43. The van der Waals surface area contributed by atoms with Gasteiger partial charge in [0, 0.05) is 37.1 Å². The molecule has 0 aromatic carbocycles. The molecule has 1 saturated carbocycles. The lowest BCUT2D eigenvalue weighted by Gasteiger charge is -2.32. The molecule has 2 aliphatic rings. The highest BCUT2D eigenvalue weighted by atomic mass is 32.2. The molecule has 1 aliphatic heterocycles. The van der Waals surface area contributed by atoms with Gasteiger partial charge >= 0.3 is 0 Å². The van der Waals surface area contributed by atoms with Crippen LogP contribution < -0.4 is 9.62 Å². The van der Waals surface area contributed by atoms with Gasteiger partial charge in [0.15, 0.2) is 0 Å². The van der Waals surface area contributed by atoms with Gasteiger partial charge in [-0.25, -0.2) is 18.1 Å². The van der Waals surface area contributed by atoms with Gasteiger partial charge in [0.25, 0.3) is 0 Å². The van der Waals surface area contributed by atoms with Crippen molar-refractivity contribution >= 4 is 26.7 Å². The molecule has 1 aromatic heterocycles. The zero-order valence-electron chi connectivity index (χ0n) is 13.0. The molecule has 124 valence electrons. The van der Waals surface area contributed by atoms with Gasteiger partial charge in [-0.05, 0) is 25.7 Å². The van der Waals surface area contributed by atoms with E-state index in [1.165, 1.54) is 11.5 Å². The molecule has 0 bridgehead atoms. The highest BCUT2D eigenvalue weighted by Crippen LogP contribution is 2.26. The van der Waals surface area contributed by atoms with Gasteiger partial charge in [-0.1, -0.05) is 19.8 Å². The summed E-state index contributed by atoms with van der Waals surface area (Å²) >= 11 is 1.38.